The van der Waals surface area contributed by atoms with E-state index >= 15 is 0 Å². The third kappa shape index (κ3) is 2.45. The number of amides is 1. The van der Waals surface area contributed by atoms with E-state index in [4.69, 9.17) is 16.2 Å². The van der Waals surface area contributed by atoms with Crippen LogP contribution in [0, 0.1) is 0 Å². The van der Waals surface area contributed by atoms with Crippen LogP contribution in [0.2, 0.25) is 0 Å². The lowest BCUT2D eigenvalue weighted by atomic mass is 9.82. The Morgan fingerprint density at radius 1 is 1.03 bits per heavy atom. The molecule has 162 valence electrons. The number of carbonyl (C=O) groups excluding carboxylic acids is 2. The highest BCUT2D eigenvalue weighted by atomic mass is 16.6. The van der Waals surface area contributed by atoms with Crippen LogP contribution in [0.5, 0.6) is 5.75 Å². The molecule has 2 aliphatic rings. The number of anilines is 2. The van der Waals surface area contributed by atoms with Gasteiger partial charge in [0.15, 0.2) is 0 Å². The lowest BCUT2D eigenvalue weighted by molar-refractivity contribution is -0.169. The molecular weight excluding hydrogens is 406 g/mol. The minimum absolute atomic E-state index is 0.145. The monoisotopic (exact) mass is 429 g/mol. The number of hydrogen-bond acceptors (Lipinski definition) is 6. The van der Waals surface area contributed by atoms with Crippen LogP contribution in [0.1, 0.15) is 57.2 Å². The molecule has 7 heteroatoms. The number of nitrogens with two attached hydrogens (primary N) is 2. The van der Waals surface area contributed by atoms with Crippen molar-refractivity contribution in [2.75, 3.05) is 11.5 Å². The van der Waals surface area contributed by atoms with Gasteiger partial charge in [0.2, 0.25) is 11.3 Å². The second kappa shape index (κ2) is 6.58. The molecule has 3 aromatic rings. The van der Waals surface area contributed by atoms with Crippen LogP contribution in [0.15, 0.2) is 60.7 Å². The van der Waals surface area contributed by atoms with Gasteiger partial charge in [-0.25, -0.2) is 0 Å². The third-order valence-corrected chi connectivity index (χ3v) is 6.35. The number of nitrogen functional groups attached to an aromatic ring is 2. The second-order valence-electron chi connectivity index (χ2n) is 8.58. The van der Waals surface area contributed by atoms with Gasteiger partial charge >= 0.3 is 0 Å². The van der Waals surface area contributed by atoms with Gasteiger partial charge in [-0.2, -0.15) is 0 Å². The Balaban J connectivity index is 1.72. The predicted octanol–water partition coefficient (Wildman–Crippen LogP) is 3.03. The Hall–Kier alpha value is -3.84. The fourth-order valence-corrected chi connectivity index (χ4v) is 4.62. The molecule has 0 saturated carbocycles. The van der Waals surface area contributed by atoms with Crippen molar-refractivity contribution < 1.29 is 19.4 Å². The van der Waals surface area contributed by atoms with Gasteiger partial charge in [0.1, 0.15) is 5.75 Å². The summed E-state index contributed by atoms with van der Waals surface area (Å²) in [6.45, 7) is 4.07. The summed E-state index contributed by atoms with van der Waals surface area (Å²) in [5, 5.41) is 14.7. The first-order valence-electron chi connectivity index (χ1n) is 10.4. The number of Topliss-reactive ketones (excluding diaryl/α,β-unsaturated/α-hetero) is 1. The van der Waals surface area contributed by atoms with E-state index in [0.29, 0.717) is 22.6 Å². The van der Waals surface area contributed by atoms with Crippen molar-refractivity contribution in [2.24, 2.45) is 0 Å². The number of hydrogen-bond donors (Lipinski definition) is 4. The first-order chi connectivity index (χ1) is 15.2. The first kappa shape index (κ1) is 20.1. The van der Waals surface area contributed by atoms with Crippen molar-refractivity contribution >= 4 is 23.1 Å². The normalized spacial score (nSPS) is 22.8. The predicted molar refractivity (Wildman–Crippen MR) is 120 cm³/mol. The van der Waals surface area contributed by atoms with Gasteiger partial charge < -0.3 is 26.6 Å². The number of rotatable bonds is 3. The number of nitrogens with one attached hydrogen (secondary N) is 1. The zero-order valence-electron chi connectivity index (χ0n) is 17.7. The fraction of sp³-hybridized carbons (Fsp3) is 0.200. The highest BCUT2D eigenvalue weighted by Crippen LogP contribution is 2.59. The molecule has 0 spiro atoms. The van der Waals surface area contributed by atoms with Crippen LogP contribution in [0.25, 0.3) is 0 Å². The molecule has 0 bridgehead atoms. The summed E-state index contributed by atoms with van der Waals surface area (Å²) in [7, 11) is 0. The van der Waals surface area contributed by atoms with E-state index < -0.39 is 23.0 Å². The molecule has 7 nitrogen and oxygen atoms in total. The molecule has 0 aromatic heterocycles. The average molecular weight is 429 g/mol. The van der Waals surface area contributed by atoms with Gasteiger partial charge in [-0.15, -0.1) is 0 Å². The molecule has 32 heavy (non-hydrogen) atoms. The van der Waals surface area contributed by atoms with Crippen LogP contribution in [0.3, 0.4) is 0 Å². The maximum absolute atomic E-state index is 13.9. The quantitative estimate of drug-likeness (QED) is 0.474. The molecule has 1 heterocycles. The Morgan fingerprint density at radius 2 is 1.75 bits per heavy atom. The highest BCUT2D eigenvalue weighted by Gasteiger charge is 2.72. The van der Waals surface area contributed by atoms with Gasteiger partial charge in [0.25, 0.3) is 11.7 Å². The van der Waals surface area contributed by atoms with E-state index in [2.05, 4.69) is 5.32 Å². The highest BCUT2D eigenvalue weighted by molar-refractivity contribution is 6.16. The van der Waals surface area contributed by atoms with Crippen molar-refractivity contribution in [1.82, 2.24) is 5.32 Å². The van der Waals surface area contributed by atoms with Crippen LogP contribution in [-0.2, 0) is 11.3 Å². The Bertz CT molecular complexity index is 1280. The summed E-state index contributed by atoms with van der Waals surface area (Å²) >= 11 is 0. The molecule has 2 unspecified atom stereocenters. The Kier molecular flexibility index (Phi) is 4.13. The molecule has 0 fully saturated rings. The van der Waals surface area contributed by atoms with Crippen molar-refractivity contribution in [3.05, 3.63) is 88.5 Å². The number of benzene rings is 3. The van der Waals surface area contributed by atoms with E-state index in [9.17, 15) is 14.7 Å². The molecule has 2 atom stereocenters. The third-order valence-electron chi connectivity index (χ3n) is 6.35. The number of ketones is 1. The van der Waals surface area contributed by atoms with Crippen LogP contribution in [0.4, 0.5) is 11.4 Å². The van der Waals surface area contributed by atoms with E-state index in [1.165, 1.54) is 0 Å². The van der Waals surface area contributed by atoms with E-state index in [1.807, 2.05) is 19.9 Å². The maximum Gasteiger partial charge on any atom is 0.271 e. The van der Waals surface area contributed by atoms with Gasteiger partial charge in [0.05, 0.1) is 5.56 Å². The molecule has 3 aromatic carbocycles. The number of carbonyl (C=O) groups is 2. The van der Waals surface area contributed by atoms with Crippen molar-refractivity contribution in [1.29, 1.82) is 0 Å². The summed E-state index contributed by atoms with van der Waals surface area (Å²) in [6.07, 6.45) is 0. The van der Waals surface area contributed by atoms with E-state index in [-0.39, 0.29) is 22.7 Å². The first-order valence-corrected chi connectivity index (χ1v) is 10.4. The van der Waals surface area contributed by atoms with Crippen molar-refractivity contribution in [3.8, 4) is 5.75 Å². The molecule has 0 radical (unpaired) electrons. The lowest BCUT2D eigenvalue weighted by Gasteiger charge is -2.34. The van der Waals surface area contributed by atoms with Crippen molar-refractivity contribution in [3.63, 3.8) is 0 Å². The largest absolute Gasteiger partial charge is 0.454 e. The molecule has 0 saturated heterocycles. The smallest absolute Gasteiger partial charge is 0.271 e. The second-order valence-corrected chi connectivity index (χ2v) is 8.58. The van der Waals surface area contributed by atoms with E-state index in [1.54, 1.807) is 54.6 Å². The molecule has 1 aliphatic carbocycles. The lowest BCUT2D eigenvalue weighted by Crippen LogP contribution is -2.60. The fourth-order valence-electron chi connectivity index (χ4n) is 4.62. The van der Waals surface area contributed by atoms with Gasteiger partial charge in [-0.1, -0.05) is 38.1 Å². The summed E-state index contributed by atoms with van der Waals surface area (Å²) in [6, 6.07) is 16.5. The van der Waals surface area contributed by atoms with Gasteiger partial charge in [-0.3, -0.25) is 9.59 Å². The van der Waals surface area contributed by atoms with E-state index in [0.717, 1.165) is 5.56 Å². The van der Waals surface area contributed by atoms with Crippen LogP contribution < -0.4 is 21.5 Å². The summed E-state index contributed by atoms with van der Waals surface area (Å²) in [5.41, 5.74) is 12.7. The molecule has 1 amide bonds. The average Bonchev–Trinajstić information content (AvgIpc) is 3.11. The SMILES string of the molecule is CC(C)c1ccc2c(c1)OC1(O)c3cccc(N)c3C(=O)C21NC(=O)c1ccc(N)cc1. The standard InChI is InChI=1S/C25H23N3O4/c1-13(2)15-8-11-17-20(12-15)32-25(31)18-4-3-5-19(27)21(18)22(29)24(17,25)28-23(30)14-6-9-16(26)10-7-14/h3-13,31H,26-27H2,1-2H3,(H,28,30). The van der Waals surface area contributed by atoms with Gasteiger partial charge in [-0.05, 0) is 47.9 Å². The zero-order valence-corrected chi connectivity index (χ0v) is 17.7. The van der Waals surface area contributed by atoms with Crippen molar-refractivity contribution in [2.45, 2.75) is 31.1 Å². The summed E-state index contributed by atoms with van der Waals surface area (Å²) in [4.78, 5) is 27.1. The zero-order chi connectivity index (χ0) is 22.8. The summed E-state index contributed by atoms with van der Waals surface area (Å²) < 4.78 is 6.06. The van der Waals surface area contributed by atoms with Crippen LogP contribution >= 0.6 is 0 Å². The minimum atomic E-state index is -2.14. The summed E-state index contributed by atoms with van der Waals surface area (Å²) in [5.74, 6) is -2.66. The Labute approximate surface area is 185 Å². The molecule has 6 N–H and O–H groups in total. The van der Waals surface area contributed by atoms with Crippen LogP contribution in [-0.4, -0.2) is 16.8 Å². The number of fused-ring (bicyclic) bond motifs is 5. The minimum Gasteiger partial charge on any atom is -0.454 e. The topological polar surface area (TPSA) is 128 Å². The molecule has 5 rings (SSSR count). The van der Waals surface area contributed by atoms with Gasteiger partial charge in [0, 0.05) is 28.1 Å². The Morgan fingerprint density at radius 3 is 2.44 bits per heavy atom. The molecular formula is C25H23N3O4. The number of ether oxygens (including phenoxy) is 1. The maximum atomic E-state index is 13.9. The number of aliphatic hydroxyl groups is 1. The molecule has 1 aliphatic heterocycles.